The van der Waals surface area contributed by atoms with Crippen LogP contribution in [0, 0.1) is 6.92 Å². The first-order valence-electron chi connectivity index (χ1n) is 11.6. The van der Waals surface area contributed by atoms with Gasteiger partial charge < -0.3 is 0 Å². The summed E-state index contributed by atoms with van der Waals surface area (Å²) in [4.78, 5) is 12.5. The highest BCUT2D eigenvalue weighted by Crippen LogP contribution is 2.30. The average molecular weight is 553 g/mol. The van der Waals surface area contributed by atoms with E-state index in [-0.39, 0.29) is 17.1 Å². The molecule has 6 nitrogen and oxygen atoms in total. The van der Waals surface area contributed by atoms with Gasteiger partial charge in [-0.05, 0) is 47.7 Å². The zero-order valence-corrected chi connectivity index (χ0v) is 23.3. The molecular weight excluding hydrogens is 525 g/mol. The fourth-order valence-corrected chi connectivity index (χ4v) is 4.58. The number of nitrogens with one attached hydrogen (secondary N) is 1. The van der Waals surface area contributed by atoms with Crippen LogP contribution in [0.15, 0.2) is 77.0 Å². The number of aromatic nitrogens is 3. The second kappa shape index (κ2) is 11.5. The van der Waals surface area contributed by atoms with Gasteiger partial charge in [0.05, 0.1) is 22.0 Å². The highest BCUT2D eigenvalue weighted by molar-refractivity contribution is 7.99. The Bertz CT molecular complexity index is 1420. The Morgan fingerprint density at radius 1 is 1.00 bits per heavy atom. The summed E-state index contributed by atoms with van der Waals surface area (Å²) in [5.41, 5.74) is 7.58. The van der Waals surface area contributed by atoms with Crippen molar-refractivity contribution in [2.75, 3.05) is 5.75 Å². The van der Waals surface area contributed by atoms with Gasteiger partial charge in [-0.2, -0.15) is 5.10 Å². The Balaban J connectivity index is 1.53. The number of benzene rings is 3. The van der Waals surface area contributed by atoms with Gasteiger partial charge in [-0.15, -0.1) is 10.2 Å². The van der Waals surface area contributed by atoms with Gasteiger partial charge in [0, 0.05) is 11.3 Å². The second-order valence-electron chi connectivity index (χ2n) is 9.56. The van der Waals surface area contributed by atoms with E-state index in [0.717, 1.165) is 22.4 Å². The lowest BCUT2D eigenvalue weighted by Gasteiger charge is -2.19. The molecule has 4 aromatic rings. The summed E-state index contributed by atoms with van der Waals surface area (Å²) in [5.74, 6) is 0.562. The minimum atomic E-state index is -0.268. The van der Waals surface area contributed by atoms with Gasteiger partial charge in [0.25, 0.3) is 5.91 Å². The van der Waals surface area contributed by atoms with Crippen LogP contribution in [-0.4, -0.2) is 32.6 Å². The molecule has 0 aliphatic rings. The lowest BCUT2D eigenvalue weighted by atomic mass is 9.87. The lowest BCUT2D eigenvalue weighted by molar-refractivity contribution is -0.118. The molecular formula is C28H27Cl2N5OS. The fourth-order valence-electron chi connectivity index (χ4n) is 3.53. The Kier molecular flexibility index (Phi) is 8.37. The van der Waals surface area contributed by atoms with Crippen molar-refractivity contribution in [3.8, 4) is 17.1 Å². The van der Waals surface area contributed by atoms with E-state index in [1.807, 2.05) is 35.8 Å². The number of hydrazone groups is 1. The number of thioether (sulfide) groups is 1. The minimum Gasteiger partial charge on any atom is -0.272 e. The third-order valence-electron chi connectivity index (χ3n) is 5.61. The quantitative estimate of drug-likeness (QED) is 0.151. The molecule has 1 N–H and O–H groups in total. The first-order valence-corrected chi connectivity index (χ1v) is 13.4. The molecule has 0 fully saturated rings. The van der Waals surface area contributed by atoms with Crippen molar-refractivity contribution in [1.29, 1.82) is 0 Å². The fraction of sp³-hybridized carbons (Fsp3) is 0.214. The number of nitrogens with zero attached hydrogens (tertiary/aromatic N) is 4. The number of hydrogen-bond donors (Lipinski definition) is 1. The Hall–Kier alpha value is -3.13. The molecule has 0 radical (unpaired) electrons. The van der Waals surface area contributed by atoms with Crippen molar-refractivity contribution < 1.29 is 4.79 Å². The smallest absolute Gasteiger partial charge is 0.250 e. The molecule has 0 unspecified atom stereocenters. The van der Waals surface area contributed by atoms with E-state index in [2.05, 4.69) is 65.8 Å². The van der Waals surface area contributed by atoms with Crippen LogP contribution >= 0.6 is 35.0 Å². The molecule has 0 saturated carbocycles. The average Bonchev–Trinajstić information content (AvgIpc) is 3.29. The first kappa shape index (κ1) is 26.9. The van der Waals surface area contributed by atoms with Gasteiger partial charge in [0.1, 0.15) is 0 Å². The molecule has 0 saturated heterocycles. The van der Waals surface area contributed by atoms with E-state index in [4.69, 9.17) is 23.2 Å². The third kappa shape index (κ3) is 6.80. The van der Waals surface area contributed by atoms with E-state index in [1.54, 1.807) is 18.2 Å². The zero-order valence-electron chi connectivity index (χ0n) is 21.0. The summed E-state index contributed by atoms with van der Waals surface area (Å²) < 4.78 is 1.97. The van der Waals surface area contributed by atoms with Crippen LogP contribution in [0.5, 0.6) is 0 Å². The molecule has 1 aromatic heterocycles. The maximum absolute atomic E-state index is 12.5. The summed E-state index contributed by atoms with van der Waals surface area (Å²) in [7, 11) is 0. The van der Waals surface area contributed by atoms with Gasteiger partial charge >= 0.3 is 0 Å². The molecule has 4 rings (SSSR count). The molecule has 0 aliphatic heterocycles. The summed E-state index contributed by atoms with van der Waals surface area (Å²) >= 11 is 13.2. The van der Waals surface area contributed by atoms with Crippen LogP contribution in [-0.2, 0) is 10.2 Å². The van der Waals surface area contributed by atoms with Gasteiger partial charge in [-0.3, -0.25) is 9.36 Å². The molecule has 0 aliphatic carbocycles. The highest BCUT2D eigenvalue weighted by Gasteiger charge is 2.19. The number of carbonyl (C=O) groups is 1. The van der Waals surface area contributed by atoms with E-state index < -0.39 is 0 Å². The topological polar surface area (TPSA) is 72.2 Å². The summed E-state index contributed by atoms with van der Waals surface area (Å²) in [6.45, 7) is 8.60. The molecule has 37 heavy (non-hydrogen) atoms. The van der Waals surface area contributed by atoms with Crippen molar-refractivity contribution in [3.63, 3.8) is 0 Å². The van der Waals surface area contributed by atoms with Crippen LogP contribution in [0.4, 0.5) is 0 Å². The van der Waals surface area contributed by atoms with Gasteiger partial charge in [0.15, 0.2) is 11.0 Å². The largest absolute Gasteiger partial charge is 0.272 e. The first-order chi connectivity index (χ1) is 17.6. The highest BCUT2D eigenvalue weighted by atomic mass is 35.5. The summed E-state index contributed by atoms with van der Waals surface area (Å²) in [5, 5.41) is 14.4. The standard InChI is InChI=1S/C28H27Cl2N5OS/c1-18-5-12-22(13-6-18)35-26(20-8-10-21(11-9-20)28(2,3)4)33-34-27(35)37-17-25(36)32-31-16-19-7-14-23(29)24(30)15-19/h5-16H,17H2,1-4H3,(H,32,36)/b31-16-. The predicted octanol–water partition coefficient (Wildman–Crippen LogP) is 7.09. The molecule has 1 heterocycles. The van der Waals surface area contributed by atoms with Crippen LogP contribution in [0.25, 0.3) is 17.1 Å². The van der Waals surface area contributed by atoms with E-state index in [1.165, 1.54) is 23.5 Å². The number of halogens is 2. The van der Waals surface area contributed by atoms with Crippen molar-refractivity contribution in [2.45, 2.75) is 38.3 Å². The molecule has 0 atom stereocenters. The number of amides is 1. The van der Waals surface area contributed by atoms with Crippen molar-refractivity contribution >= 4 is 47.1 Å². The number of aryl methyl sites for hydroxylation is 1. The van der Waals surface area contributed by atoms with E-state index in [0.29, 0.717) is 21.0 Å². The number of carbonyl (C=O) groups excluding carboxylic acids is 1. The molecule has 3 aromatic carbocycles. The predicted molar refractivity (Wildman–Crippen MR) is 153 cm³/mol. The molecule has 0 bridgehead atoms. The van der Waals surface area contributed by atoms with Crippen molar-refractivity contribution in [3.05, 3.63) is 93.5 Å². The maximum atomic E-state index is 12.5. The van der Waals surface area contributed by atoms with E-state index >= 15 is 0 Å². The lowest BCUT2D eigenvalue weighted by Crippen LogP contribution is -2.20. The van der Waals surface area contributed by atoms with Crippen molar-refractivity contribution in [1.82, 2.24) is 20.2 Å². The maximum Gasteiger partial charge on any atom is 0.250 e. The normalized spacial score (nSPS) is 11.7. The molecule has 0 spiro atoms. The number of hydrogen-bond acceptors (Lipinski definition) is 5. The molecule has 190 valence electrons. The number of rotatable bonds is 7. The van der Waals surface area contributed by atoms with Gasteiger partial charge in [0.2, 0.25) is 0 Å². The zero-order chi connectivity index (χ0) is 26.6. The minimum absolute atomic E-state index is 0.0554. The molecule has 1 amide bonds. The third-order valence-corrected chi connectivity index (χ3v) is 7.28. The van der Waals surface area contributed by atoms with Crippen LogP contribution < -0.4 is 5.43 Å². The summed E-state index contributed by atoms with van der Waals surface area (Å²) in [6.07, 6.45) is 1.51. The molecule has 9 heteroatoms. The van der Waals surface area contributed by atoms with Crippen molar-refractivity contribution in [2.24, 2.45) is 5.10 Å². The second-order valence-corrected chi connectivity index (χ2v) is 11.3. The van der Waals surface area contributed by atoms with Crippen LogP contribution in [0.3, 0.4) is 0 Å². The Labute approximate surface area is 231 Å². The van der Waals surface area contributed by atoms with E-state index in [9.17, 15) is 4.79 Å². The van der Waals surface area contributed by atoms with Gasteiger partial charge in [-0.1, -0.05) is 104 Å². The van der Waals surface area contributed by atoms with Crippen LogP contribution in [0.2, 0.25) is 10.0 Å². The SMILES string of the molecule is Cc1ccc(-n2c(SCC(=O)N/N=C\c3ccc(Cl)c(Cl)c3)nnc2-c2ccc(C(C)(C)C)cc2)cc1. The Morgan fingerprint density at radius 3 is 2.35 bits per heavy atom. The Morgan fingerprint density at radius 2 is 1.70 bits per heavy atom. The van der Waals surface area contributed by atoms with Crippen LogP contribution in [0.1, 0.15) is 37.5 Å². The van der Waals surface area contributed by atoms with Gasteiger partial charge in [-0.25, -0.2) is 5.43 Å². The summed E-state index contributed by atoms with van der Waals surface area (Å²) in [6, 6.07) is 21.6. The monoisotopic (exact) mass is 551 g/mol.